The third-order valence-corrected chi connectivity index (χ3v) is 1.63. The molecule has 0 N–H and O–H groups in total. The predicted octanol–water partition coefficient (Wildman–Crippen LogP) is 2.25. The molecule has 1 aliphatic rings. The maximum absolute atomic E-state index is 4.25. The van der Waals surface area contributed by atoms with E-state index in [0.29, 0.717) is 0 Å². The van der Waals surface area contributed by atoms with Gasteiger partial charge in [-0.15, -0.1) is 0 Å². The summed E-state index contributed by atoms with van der Waals surface area (Å²) in [4.78, 5) is 2.38. The number of nitrogens with zero attached hydrogens (tertiary/aromatic N) is 1. The molecule has 1 heterocycles. The van der Waals surface area contributed by atoms with Crippen molar-refractivity contribution in [1.29, 1.82) is 0 Å². The lowest BCUT2D eigenvalue weighted by atomic mass is 10.2. The minimum Gasteiger partial charge on any atom is -0.388 e. The molecule has 1 unspecified atom stereocenters. The molecule has 1 fully saturated rings. The highest BCUT2D eigenvalue weighted by atomic mass is 16.4. The summed E-state index contributed by atoms with van der Waals surface area (Å²) < 4.78 is 4.25. The zero-order valence-corrected chi connectivity index (χ0v) is 9.55. The Kier molecular flexibility index (Phi) is 13.1. The molecule has 0 aromatic heterocycles. The molecule has 0 amide bonds. The normalized spacial score (nSPS) is 22.0. The van der Waals surface area contributed by atoms with E-state index in [-0.39, 0.29) is 0 Å². The lowest BCUT2D eigenvalue weighted by Gasteiger charge is -2.03. The monoisotopic (exact) mass is 175 g/mol. The summed E-state index contributed by atoms with van der Waals surface area (Å²) in [5.74, 6) is 0.949. The van der Waals surface area contributed by atoms with E-state index in [9.17, 15) is 0 Å². The van der Waals surface area contributed by atoms with Crippen molar-refractivity contribution in [3.8, 4) is 0 Å². The Morgan fingerprint density at radius 2 is 1.67 bits per heavy atom. The minimum absolute atomic E-state index is 0.949. The first kappa shape index (κ1) is 14.4. The fourth-order valence-electron chi connectivity index (χ4n) is 1.16. The van der Waals surface area contributed by atoms with Crippen molar-refractivity contribution < 1.29 is 4.74 Å². The van der Waals surface area contributed by atoms with Crippen LogP contribution in [0.15, 0.2) is 0 Å². The molecule has 2 heteroatoms. The Morgan fingerprint density at radius 1 is 1.25 bits per heavy atom. The first-order chi connectivity index (χ1) is 5.70. The van der Waals surface area contributed by atoms with Crippen LogP contribution in [0.5, 0.6) is 0 Å². The molecule has 1 aliphatic heterocycles. The van der Waals surface area contributed by atoms with E-state index in [1.165, 1.54) is 19.5 Å². The van der Waals surface area contributed by atoms with Gasteiger partial charge in [-0.05, 0) is 25.9 Å². The summed E-state index contributed by atoms with van der Waals surface area (Å²) in [7, 11) is 5.43. The van der Waals surface area contributed by atoms with Crippen molar-refractivity contribution in [2.45, 2.75) is 27.2 Å². The van der Waals surface area contributed by atoms with Crippen LogP contribution in [-0.4, -0.2) is 39.3 Å². The van der Waals surface area contributed by atoms with E-state index in [1.807, 2.05) is 13.8 Å². The van der Waals surface area contributed by atoms with Gasteiger partial charge in [0.25, 0.3) is 0 Å². The Labute approximate surface area is 77.9 Å². The first-order valence-corrected chi connectivity index (χ1v) is 4.79. The Balaban J connectivity index is 0. The van der Waals surface area contributed by atoms with Crippen LogP contribution in [0.2, 0.25) is 0 Å². The first-order valence-electron chi connectivity index (χ1n) is 4.79. The lowest BCUT2D eigenvalue weighted by molar-refractivity contribution is 0.277. The van der Waals surface area contributed by atoms with Crippen LogP contribution in [0.25, 0.3) is 0 Å². The Morgan fingerprint density at radius 3 is 1.75 bits per heavy atom. The maximum atomic E-state index is 4.25. The van der Waals surface area contributed by atoms with Gasteiger partial charge in [-0.25, -0.2) is 0 Å². The van der Waals surface area contributed by atoms with Crippen molar-refractivity contribution >= 4 is 0 Å². The minimum atomic E-state index is 0.949. The molecule has 76 valence electrons. The molecule has 0 aromatic carbocycles. The van der Waals surface area contributed by atoms with E-state index in [4.69, 9.17) is 0 Å². The number of ether oxygens (including phenoxy) is 1. The molecule has 1 rings (SSSR count). The number of methoxy groups -OCH3 is 1. The smallest absolute Gasteiger partial charge is 0.0351 e. The molecule has 0 aliphatic carbocycles. The molecule has 1 atom stereocenters. The molecule has 0 spiro atoms. The third-order valence-electron chi connectivity index (χ3n) is 1.63. The fourth-order valence-corrected chi connectivity index (χ4v) is 1.16. The zero-order chi connectivity index (χ0) is 9.98. The van der Waals surface area contributed by atoms with Gasteiger partial charge in [-0.1, -0.05) is 20.8 Å². The van der Waals surface area contributed by atoms with Crippen molar-refractivity contribution in [1.82, 2.24) is 4.90 Å². The summed E-state index contributed by atoms with van der Waals surface area (Å²) in [5.41, 5.74) is 0. The standard InChI is InChI=1S/C6H13N.C2H6O.C2H6/c1-6-3-4-7(2)5-6;1-3-2;1-2/h6H,3-5H2,1-2H3;1-2H3;1-2H3. The lowest BCUT2D eigenvalue weighted by Crippen LogP contribution is -2.12. The van der Waals surface area contributed by atoms with E-state index in [1.54, 1.807) is 14.2 Å². The number of hydrogen-bond acceptors (Lipinski definition) is 2. The molecule has 2 nitrogen and oxygen atoms in total. The van der Waals surface area contributed by atoms with Crippen LogP contribution in [0.4, 0.5) is 0 Å². The van der Waals surface area contributed by atoms with Gasteiger partial charge < -0.3 is 9.64 Å². The number of rotatable bonds is 0. The number of likely N-dealkylation sites (tertiary alicyclic amines) is 1. The van der Waals surface area contributed by atoms with Gasteiger partial charge in [0.15, 0.2) is 0 Å². The molecule has 1 saturated heterocycles. The van der Waals surface area contributed by atoms with Crippen LogP contribution in [0.3, 0.4) is 0 Å². The van der Waals surface area contributed by atoms with Gasteiger partial charge >= 0.3 is 0 Å². The van der Waals surface area contributed by atoms with Crippen molar-refractivity contribution in [3.05, 3.63) is 0 Å². The predicted molar refractivity (Wildman–Crippen MR) is 55.6 cm³/mol. The van der Waals surface area contributed by atoms with Gasteiger partial charge in [-0.3, -0.25) is 0 Å². The van der Waals surface area contributed by atoms with E-state index < -0.39 is 0 Å². The second-order valence-electron chi connectivity index (χ2n) is 3.06. The van der Waals surface area contributed by atoms with Gasteiger partial charge in [0, 0.05) is 20.8 Å². The topological polar surface area (TPSA) is 12.5 Å². The van der Waals surface area contributed by atoms with Gasteiger partial charge in [0.2, 0.25) is 0 Å². The summed E-state index contributed by atoms with van der Waals surface area (Å²) >= 11 is 0. The highest BCUT2D eigenvalue weighted by molar-refractivity contribution is 4.67. The van der Waals surface area contributed by atoms with Crippen LogP contribution in [0, 0.1) is 5.92 Å². The van der Waals surface area contributed by atoms with Crippen LogP contribution < -0.4 is 0 Å². The van der Waals surface area contributed by atoms with Gasteiger partial charge in [-0.2, -0.15) is 0 Å². The Hall–Kier alpha value is -0.0800. The maximum Gasteiger partial charge on any atom is 0.0351 e. The van der Waals surface area contributed by atoms with Gasteiger partial charge in [0.05, 0.1) is 0 Å². The van der Waals surface area contributed by atoms with Crippen molar-refractivity contribution in [2.24, 2.45) is 5.92 Å². The molecule has 0 aromatic rings. The van der Waals surface area contributed by atoms with Crippen LogP contribution in [0.1, 0.15) is 27.2 Å². The highest BCUT2D eigenvalue weighted by Crippen LogP contribution is 2.11. The van der Waals surface area contributed by atoms with E-state index in [2.05, 4.69) is 23.6 Å². The zero-order valence-electron chi connectivity index (χ0n) is 9.55. The molecular weight excluding hydrogens is 150 g/mol. The largest absolute Gasteiger partial charge is 0.388 e. The van der Waals surface area contributed by atoms with Gasteiger partial charge in [0.1, 0.15) is 0 Å². The second-order valence-corrected chi connectivity index (χ2v) is 3.06. The SMILES string of the molecule is CC.CC1CCN(C)C1.COC. The van der Waals surface area contributed by atoms with E-state index >= 15 is 0 Å². The van der Waals surface area contributed by atoms with Crippen molar-refractivity contribution in [2.75, 3.05) is 34.4 Å². The van der Waals surface area contributed by atoms with Crippen LogP contribution in [-0.2, 0) is 4.74 Å². The second kappa shape index (κ2) is 10.9. The fraction of sp³-hybridized carbons (Fsp3) is 1.00. The summed E-state index contributed by atoms with van der Waals surface area (Å²) in [6, 6.07) is 0. The molecule has 0 bridgehead atoms. The number of hydrogen-bond donors (Lipinski definition) is 0. The van der Waals surface area contributed by atoms with E-state index in [0.717, 1.165) is 5.92 Å². The summed E-state index contributed by atoms with van der Waals surface area (Å²) in [6.07, 6.45) is 1.40. The molecule has 12 heavy (non-hydrogen) atoms. The summed E-state index contributed by atoms with van der Waals surface area (Å²) in [5, 5.41) is 0. The molecular formula is C10H25NO. The highest BCUT2D eigenvalue weighted by Gasteiger charge is 2.13. The van der Waals surface area contributed by atoms with Crippen molar-refractivity contribution in [3.63, 3.8) is 0 Å². The average molecular weight is 175 g/mol. The quantitative estimate of drug-likeness (QED) is 0.560. The third kappa shape index (κ3) is 9.92. The average Bonchev–Trinajstić information content (AvgIpc) is 2.40. The summed E-state index contributed by atoms with van der Waals surface area (Å²) in [6.45, 7) is 8.92. The Bertz CT molecular complexity index is 68.2. The molecule has 0 radical (unpaired) electrons. The molecule has 0 saturated carbocycles. The van der Waals surface area contributed by atoms with Crippen LogP contribution >= 0.6 is 0 Å².